The normalized spacial score (nSPS) is 20.5. The van der Waals surface area contributed by atoms with Gasteiger partial charge in [-0.3, -0.25) is 0 Å². The maximum absolute atomic E-state index is 14.1. The molecule has 0 radical (unpaired) electrons. The van der Waals surface area contributed by atoms with Gasteiger partial charge in [0, 0.05) is 6.54 Å². The van der Waals surface area contributed by atoms with E-state index in [1.165, 1.54) is 6.07 Å². The average molecular weight is 296 g/mol. The Morgan fingerprint density at radius 3 is 2.35 bits per heavy atom. The van der Waals surface area contributed by atoms with Crippen LogP contribution in [0.15, 0.2) is 12.1 Å². The molecule has 1 N–H and O–H groups in total. The summed E-state index contributed by atoms with van der Waals surface area (Å²) in [7, 11) is 0. The van der Waals surface area contributed by atoms with E-state index in [0.29, 0.717) is 22.8 Å². The number of hydrogen-bond donors (Lipinski definition) is 1. The van der Waals surface area contributed by atoms with Gasteiger partial charge in [-0.25, -0.2) is 8.78 Å². The molecular weight excluding hydrogens is 278 g/mol. The lowest BCUT2D eigenvalue weighted by Crippen LogP contribution is -2.06. The molecule has 3 rings (SSSR count). The molecule has 20 heavy (non-hydrogen) atoms. The lowest BCUT2D eigenvalue weighted by molar-refractivity contribution is 0.457. The van der Waals surface area contributed by atoms with Gasteiger partial charge in [0.25, 0.3) is 0 Å². The highest BCUT2D eigenvalue weighted by atomic mass is 32.1. The van der Waals surface area contributed by atoms with Crippen LogP contribution in [0.5, 0.6) is 0 Å². The highest BCUT2D eigenvalue weighted by Crippen LogP contribution is 2.68. The van der Waals surface area contributed by atoms with Gasteiger partial charge in [-0.15, -0.1) is 0 Å². The van der Waals surface area contributed by atoms with E-state index >= 15 is 0 Å². The average Bonchev–Trinajstić information content (AvgIpc) is 2.64. The molecule has 0 atom stereocenters. The van der Waals surface area contributed by atoms with E-state index in [2.05, 4.69) is 32.7 Å². The number of H-pyrrole nitrogens is 1. The fourth-order valence-corrected chi connectivity index (χ4v) is 3.61. The first-order valence-electron chi connectivity index (χ1n) is 6.74. The second-order valence-corrected chi connectivity index (χ2v) is 7.18. The summed E-state index contributed by atoms with van der Waals surface area (Å²) in [5, 5.41) is 0. The van der Waals surface area contributed by atoms with Crippen molar-refractivity contribution in [3.63, 3.8) is 0 Å². The van der Waals surface area contributed by atoms with Crippen molar-refractivity contribution in [3.8, 4) is 0 Å². The molecule has 1 heterocycles. The highest BCUT2D eigenvalue weighted by Gasteiger charge is 2.64. The standard InChI is InChI=1S/C15H18F2N2S/c1-14(2)10(15(14,3)4)7-19-12-9(18-13(19)20)6-5-8(16)11(12)17/h5-6,10H,7H2,1-4H3,(H,18,20). The Kier molecular flexibility index (Phi) is 2.68. The fourth-order valence-electron chi connectivity index (χ4n) is 3.34. The van der Waals surface area contributed by atoms with Crippen LogP contribution >= 0.6 is 12.2 Å². The molecule has 1 saturated carbocycles. The molecule has 0 bridgehead atoms. The van der Waals surface area contributed by atoms with E-state index in [1.807, 2.05) is 0 Å². The molecule has 1 aromatic carbocycles. The number of imidazole rings is 1. The third-order valence-corrected chi connectivity index (χ3v) is 5.83. The number of hydrogen-bond acceptors (Lipinski definition) is 1. The molecule has 0 spiro atoms. The summed E-state index contributed by atoms with van der Waals surface area (Å²) in [6.45, 7) is 9.42. The van der Waals surface area contributed by atoms with Crippen LogP contribution in [0.1, 0.15) is 27.7 Å². The van der Waals surface area contributed by atoms with Gasteiger partial charge in [0.2, 0.25) is 0 Å². The predicted octanol–water partition coefficient (Wildman–Crippen LogP) is 4.66. The van der Waals surface area contributed by atoms with Crippen LogP contribution in [0, 0.1) is 33.2 Å². The first kappa shape index (κ1) is 13.7. The van der Waals surface area contributed by atoms with E-state index in [1.54, 1.807) is 4.57 Å². The van der Waals surface area contributed by atoms with Crippen molar-refractivity contribution in [3.05, 3.63) is 28.5 Å². The van der Waals surface area contributed by atoms with Crippen LogP contribution in [0.4, 0.5) is 8.78 Å². The first-order chi connectivity index (χ1) is 9.18. The maximum Gasteiger partial charge on any atom is 0.184 e. The molecular formula is C15H18F2N2S. The van der Waals surface area contributed by atoms with Crippen molar-refractivity contribution in [1.29, 1.82) is 0 Å². The summed E-state index contributed by atoms with van der Waals surface area (Å²) in [4.78, 5) is 2.95. The fraction of sp³-hybridized carbons (Fsp3) is 0.533. The number of rotatable bonds is 2. The number of fused-ring (bicyclic) bond motifs is 1. The van der Waals surface area contributed by atoms with Gasteiger partial charge in [-0.05, 0) is 41.1 Å². The summed E-state index contributed by atoms with van der Waals surface area (Å²) >= 11 is 5.27. The van der Waals surface area contributed by atoms with Crippen LogP contribution in [-0.2, 0) is 6.54 Å². The lowest BCUT2D eigenvalue weighted by Gasteiger charge is -2.07. The van der Waals surface area contributed by atoms with Crippen LogP contribution in [0.3, 0.4) is 0 Å². The maximum atomic E-state index is 14.1. The number of halogens is 2. The molecule has 0 unspecified atom stereocenters. The molecule has 108 valence electrons. The molecule has 1 fully saturated rings. The van der Waals surface area contributed by atoms with Crippen LogP contribution in [-0.4, -0.2) is 9.55 Å². The summed E-state index contributed by atoms with van der Waals surface area (Å²) in [6.07, 6.45) is 0. The second-order valence-electron chi connectivity index (χ2n) is 6.79. The van der Waals surface area contributed by atoms with Crippen molar-refractivity contribution in [2.75, 3.05) is 0 Å². The number of aromatic amines is 1. The van der Waals surface area contributed by atoms with Gasteiger partial charge in [0.15, 0.2) is 16.4 Å². The molecule has 0 aliphatic heterocycles. The molecule has 0 saturated heterocycles. The Hall–Kier alpha value is -1.23. The van der Waals surface area contributed by atoms with Crippen molar-refractivity contribution in [2.45, 2.75) is 34.2 Å². The first-order valence-corrected chi connectivity index (χ1v) is 7.15. The van der Waals surface area contributed by atoms with Crippen LogP contribution in [0.25, 0.3) is 11.0 Å². The van der Waals surface area contributed by atoms with Crippen molar-refractivity contribution < 1.29 is 8.78 Å². The Morgan fingerprint density at radius 2 is 1.80 bits per heavy atom. The Morgan fingerprint density at radius 1 is 1.20 bits per heavy atom. The van der Waals surface area contributed by atoms with E-state index in [9.17, 15) is 8.78 Å². The predicted molar refractivity (Wildman–Crippen MR) is 78.1 cm³/mol. The van der Waals surface area contributed by atoms with Crippen molar-refractivity contribution in [2.24, 2.45) is 16.7 Å². The summed E-state index contributed by atoms with van der Waals surface area (Å²) in [5.41, 5.74) is 1.14. The SMILES string of the molecule is CC1(C)C(Cn2c(=S)[nH]c3ccc(F)c(F)c32)C1(C)C. The summed E-state index contributed by atoms with van der Waals surface area (Å²) in [5.74, 6) is -1.27. The molecule has 1 aliphatic carbocycles. The zero-order valence-electron chi connectivity index (χ0n) is 12.1. The van der Waals surface area contributed by atoms with Gasteiger partial charge in [0.05, 0.1) is 5.52 Å². The number of benzene rings is 1. The van der Waals surface area contributed by atoms with E-state index in [4.69, 9.17) is 12.2 Å². The van der Waals surface area contributed by atoms with E-state index in [-0.39, 0.29) is 16.3 Å². The largest absolute Gasteiger partial charge is 0.330 e. The van der Waals surface area contributed by atoms with Gasteiger partial charge >= 0.3 is 0 Å². The van der Waals surface area contributed by atoms with Crippen LogP contribution in [0.2, 0.25) is 0 Å². The highest BCUT2D eigenvalue weighted by molar-refractivity contribution is 7.71. The molecule has 0 amide bonds. The Bertz CT molecular complexity index is 741. The Labute approximate surface area is 121 Å². The van der Waals surface area contributed by atoms with E-state index < -0.39 is 11.6 Å². The molecule has 2 aromatic rings. The molecule has 1 aliphatic rings. The minimum absolute atomic E-state index is 0.176. The number of nitrogens with one attached hydrogen (secondary N) is 1. The minimum Gasteiger partial charge on any atom is -0.330 e. The zero-order valence-corrected chi connectivity index (χ0v) is 12.9. The quantitative estimate of drug-likeness (QED) is 0.799. The zero-order chi connectivity index (χ0) is 14.9. The third kappa shape index (κ3) is 1.62. The van der Waals surface area contributed by atoms with Gasteiger partial charge < -0.3 is 9.55 Å². The molecule has 2 nitrogen and oxygen atoms in total. The smallest absolute Gasteiger partial charge is 0.184 e. The van der Waals surface area contributed by atoms with Crippen molar-refractivity contribution in [1.82, 2.24) is 9.55 Å². The number of nitrogens with zero attached hydrogens (tertiary/aromatic N) is 1. The minimum atomic E-state index is -0.838. The third-order valence-electron chi connectivity index (χ3n) is 5.51. The van der Waals surface area contributed by atoms with Gasteiger partial charge in [-0.2, -0.15) is 0 Å². The second kappa shape index (κ2) is 3.91. The monoisotopic (exact) mass is 296 g/mol. The Balaban J connectivity index is 2.12. The number of aromatic nitrogens is 2. The van der Waals surface area contributed by atoms with Gasteiger partial charge in [-0.1, -0.05) is 27.7 Å². The molecule has 1 aromatic heterocycles. The lowest BCUT2D eigenvalue weighted by atomic mass is 10.0. The van der Waals surface area contributed by atoms with E-state index in [0.717, 1.165) is 6.07 Å². The summed E-state index contributed by atoms with van der Waals surface area (Å²) < 4.78 is 29.7. The van der Waals surface area contributed by atoms with Crippen molar-refractivity contribution >= 4 is 23.3 Å². The summed E-state index contributed by atoms with van der Waals surface area (Å²) in [6, 6.07) is 2.65. The topological polar surface area (TPSA) is 20.7 Å². The molecule has 5 heteroatoms. The van der Waals surface area contributed by atoms with Gasteiger partial charge in [0.1, 0.15) is 5.52 Å². The van der Waals surface area contributed by atoms with Crippen LogP contribution < -0.4 is 0 Å².